The van der Waals surface area contributed by atoms with Crippen molar-refractivity contribution < 1.29 is 0 Å². The summed E-state index contributed by atoms with van der Waals surface area (Å²) in [7, 11) is 0. The fourth-order valence-electron chi connectivity index (χ4n) is 1.73. The van der Waals surface area contributed by atoms with Crippen LogP contribution in [0.4, 0.5) is 0 Å². The first-order chi connectivity index (χ1) is 6.24. The highest BCUT2D eigenvalue weighted by molar-refractivity contribution is 9.10. The second-order valence-electron chi connectivity index (χ2n) is 3.47. The van der Waals surface area contributed by atoms with E-state index in [9.17, 15) is 0 Å². The van der Waals surface area contributed by atoms with E-state index in [2.05, 4.69) is 15.9 Å². The van der Waals surface area contributed by atoms with E-state index in [1.807, 2.05) is 18.2 Å². The van der Waals surface area contributed by atoms with Crippen LogP contribution in [0.15, 0.2) is 22.7 Å². The van der Waals surface area contributed by atoms with Crippen LogP contribution < -0.4 is 5.73 Å². The third-order valence-corrected chi connectivity index (χ3v) is 3.62. The molecular formula is C10H11BrClN. The molecule has 13 heavy (non-hydrogen) atoms. The van der Waals surface area contributed by atoms with Crippen LogP contribution in [0.2, 0.25) is 5.02 Å². The highest BCUT2D eigenvalue weighted by Gasteiger charge is 2.39. The Morgan fingerprint density at radius 1 is 1.54 bits per heavy atom. The summed E-state index contributed by atoms with van der Waals surface area (Å²) >= 11 is 9.64. The van der Waals surface area contributed by atoms with Crippen LogP contribution in [-0.4, -0.2) is 6.54 Å². The highest BCUT2D eigenvalue weighted by atomic mass is 79.9. The van der Waals surface area contributed by atoms with Crippen molar-refractivity contribution >= 4 is 27.5 Å². The first-order valence-corrected chi connectivity index (χ1v) is 5.55. The molecule has 0 aliphatic heterocycles. The minimum absolute atomic E-state index is 0.577. The summed E-state index contributed by atoms with van der Waals surface area (Å²) in [6.07, 6.45) is 1.18. The van der Waals surface area contributed by atoms with Gasteiger partial charge in [0.15, 0.2) is 0 Å². The van der Waals surface area contributed by atoms with Gasteiger partial charge in [-0.25, -0.2) is 0 Å². The quantitative estimate of drug-likeness (QED) is 0.868. The fraction of sp³-hybridized carbons (Fsp3) is 0.400. The maximum Gasteiger partial charge on any atom is 0.0452 e. The average Bonchev–Trinajstić information content (AvgIpc) is 2.83. The predicted octanol–water partition coefficient (Wildman–Crippen LogP) is 3.16. The lowest BCUT2D eigenvalue weighted by Crippen LogP contribution is -2.02. The number of hydrogen-bond acceptors (Lipinski definition) is 1. The Balaban J connectivity index is 2.30. The Kier molecular flexibility index (Phi) is 2.63. The van der Waals surface area contributed by atoms with E-state index in [1.54, 1.807) is 0 Å². The van der Waals surface area contributed by atoms with Crippen LogP contribution in [0.1, 0.15) is 17.9 Å². The second-order valence-corrected chi connectivity index (χ2v) is 4.73. The van der Waals surface area contributed by atoms with E-state index in [0.29, 0.717) is 11.8 Å². The normalized spacial score (nSPS) is 26.1. The van der Waals surface area contributed by atoms with E-state index < -0.39 is 0 Å². The standard InChI is InChI=1S/C10H11BrClN/c11-8-2-1-3-9(12)10(8)7-4-6(7)5-13/h1-3,6-7H,4-5,13H2/t6-,7+/m0/s1. The molecule has 1 aromatic carbocycles. The summed E-state index contributed by atoms with van der Waals surface area (Å²) in [6, 6.07) is 5.93. The minimum Gasteiger partial charge on any atom is -0.330 e. The van der Waals surface area contributed by atoms with Crippen molar-refractivity contribution in [1.82, 2.24) is 0 Å². The molecule has 0 heterocycles. The lowest BCUT2D eigenvalue weighted by molar-refractivity contribution is 0.808. The molecule has 1 aliphatic carbocycles. The van der Waals surface area contributed by atoms with Gasteiger partial charge in [-0.3, -0.25) is 0 Å². The largest absolute Gasteiger partial charge is 0.330 e. The zero-order chi connectivity index (χ0) is 9.42. The molecule has 1 saturated carbocycles. The molecule has 1 fully saturated rings. The molecule has 2 atom stereocenters. The molecule has 0 aromatic heterocycles. The number of hydrogen-bond donors (Lipinski definition) is 1. The van der Waals surface area contributed by atoms with Crippen LogP contribution in [0.3, 0.4) is 0 Å². The van der Waals surface area contributed by atoms with E-state index in [4.69, 9.17) is 17.3 Å². The monoisotopic (exact) mass is 259 g/mol. The van der Waals surface area contributed by atoms with Gasteiger partial charge in [-0.1, -0.05) is 33.6 Å². The summed E-state index contributed by atoms with van der Waals surface area (Å²) in [5, 5.41) is 0.857. The number of nitrogens with two attached hydrogens (primary N) is 1. The lowest BCUT2D eigenvalue weighted by Gasteiger charge is -2.05. The second kappa shape index (κ2) is 3.60. The van der Waals surface area contributed by atoms with Crippen LogP contribution in [0, 0.1) is 5.92 Å². The van der Waals surface area contributed by atoms with Gasteiger partial charge in [0, 0.05) is 9.50 Å². The van der Waals surface area contributed by atoms with Gasteiger partial charge in [-0.05, 0) is 42.5 Å². The smallest absolute Gasteiger partial charge is 0.0452 e. The van der Waals surface area contributed by atoms with Crippen molar-refractivity contribution in [2.45, 2.75) is 12.3 Å². The summed E-state index contributed by atoms with van der Waals surface area (Å²) < 4.78 is 1.11. The minimum atomic E-state index is 0.577. The van der Waals surface area contributed by atoms with Crippen LogP contribution in [-0.2, 0) is 0 Å². The summed E-state index contributed by atoms with van der Waals surface area (Å²) in [5.74, 6) is 1.21. The molecule has 1 nitrogen and oxygen atoms in total. The molecule has 70 valence electrons. The first kappa shape index (κ1) is 9.50. The first-order valence-electron chi connectivity index (χ1n) is 4.38. The molecule has 1 aliphatic rings. The zero-order valence-corrected chi connectivity index (χ0v) is 9.48. The Hall–Kier alpha value is -0.0500. The molecule has 1 aromatic rings. The van der Waals surface area contributed by atoms with Crippen LogP contribution in [0.5, 0.6) is 0 Å². The molecule has 0 saturated heterocycles. The molecular weight excluding hydrogens is 249 g/mol. The topological polar surface area (TPSA) is 26.0 Å². The number of halogens is 2. The molecule has 2 N–H and O–H groups in total. The van der Waals surface area contributed by atoms with Crippen LogP contribution in [0.25, 0.3) is 0 Å². The Morgan fingerprint density at radius 3 is 2.85 bits per heavy atom. The van der Waals surface area contributed by atoms with Crippen molar-refractivity contribution in [3.63, 3.8) is 0 Å². The number of benzene rings is 1. The summed E-state index contributed by atoms with van der Waals surface area (Å²) in [4.78, 5) is 0. The predicted molar refractivity (Wildman–Crippen MR) is 59.1 cm³/mol. The highest BCUT2D eigenvalue weighted by Crippen LogP contribution is 2.51. The lowest BCUT2D eigenvalue weighted by atomic mass is 10.1. The number of rotatable bonds is 2. The molecule has 3 heteroatoms. The van der Waals surface area contributed by atoms with Crippen molar-refractivity contribution in [3.05, 3.63) is 33.3 Å². The Bertz CT molecular complexity index is 306. The van der Waals surface area contributed by atoms with Gasteiger partial charge >= 0.3 is 0 Å². The van der Waals surface area contributed by atoms with Gasteiger partial charge < -0.3 is 5.73 Å². The van der Waals surface area contributed by atoms with Gasteiger partial charge in [0.2, 0.25) is 0 Å². The van der Waals surface area contributed by atoms with Gasteiger partial charge in [0.25, 0.3) is 0 Å². The van der Waals surface area contributed by atoms with Crippen LogP contribution >= 0.6 is 27.5 Å². The third kappa shape index (κ3) is 1.76. The maximum absolute atomic E-state index is 6.12. The van der Waals surface area contributed by atoms with E-state index in [1.165, 1.54) is 12.0 Å². The van der Waals surface area contributed by atoms with E-state index in [-0.39, 0.29) is 0 Å². The van der Waals surface area contributed by atoms with Gasteiger partial charge in [0.05, 0.1) is 0 Å². The molecule has 0 spiro atoms. The molecule has 0 radical (unpaired) electrons. The van der Waals surface area contributed by atoms with E-state index in [0.717, 1.165) is 16.0 Å². The molecule has 0 bridgehead atoms. The summed E-state index contributed by atoms with van der Waals surface area (Å²) in [5.41, 5.74) is 6.84. The van der Waals surface area contributed by atoms with Gasteiger partial charge in [0.1, 0.15) is 0 Å². The van der Waals surface area contributed by atoms with Crippen molar-refractivity contribution in [3.8, 4) is 0 Å². The van der Waals surface area contributed by atoms with Crippen molar-refractivity contribution in [2.24, 2.45) is 11.7 Å². The van der Waals surface area contributed by atoms with E-state index >= 15 is 0 Å². The zero-order valence-electron chi connectivity index (χ0n) is 7.13. The molecule has 2 rings (SSSR count). The third-order valence-electron chi connectivity index (χ3n) is 2.60. The molecule has 0 unspecified atom stereocenters. The molecule has 0 amide bonds. The van der Waals surface area contributed by atoms with Crippen molar-refractivity contribution in [2.75, 3.05) is 6.54 Å². The Morgan fingerprint density at radius 2 is 2.31 bits per heavy atom. The Labute approximate surface area is 91.4 Å². The van der Waals surface area contributed by atoms with Gasteiger partial charge in [-0.15, -0.1) is 0 Å². The van der Waals surface area contributed by atoms with Crippen molar-refractivity contribution in [1.29, 1.82) is 0 Å². The summed E-state index contributed by atoms with van der Waals surface area (Å²) in [6.45, 7) is 0.766. The average molecular weight is 261 g/mol. The SMILES string of the molecule is NC[C@@H]1C[C@H]1c1c(Cl)cccc1Br. The maximum atomic E-state index is 6.12. The fourth-order valence-corrected chi connectivity index (χ4v) is 2.82. The van der Waals surface area contributed by atoms with Gasteiger partial charge in [-0.2, -0.15) is 0 Å².